The fourth-order valence-electron chi connectivity index (χ4n) is 1.50. The summed E-state index contributed by atoms with van der Waals surface area (Å²) in [5.74, 6) is -1.37. The number of nitrogens with one attached hydrogen (secondary N) is 1. The molecule has 0 amide bonds. The molecular formula is C12H15F4NO. The first kappa shape index (κ1) is 14.9. The lowest BCUT2D eigenvalue weighted by molar-refractivity contribution is -0.140. The number of rotatable bonds is 5. The fraction of sp³-hybridized carbons (Fsp3) is 0.500. The lowest BCUT2D eigenvalue weighted by Crippen LogP contribution is -2.22. The summed E-state index contributed by atoms with van der Waals surface area (Å²) in [6.45, 7) is 2.80. The third kappa shape index (κ3) is 3.96. The van der Waals surface area contributed by atoms with Crippen LogP contribution in [-0.4, -0.2) is 18.2 Å². The van der Waals surface area contributed by atoms with Gasteiger partial charge in [0, 0.05) is 6.54 Å². The second kappa shape index (κ2) is 6.15. The first-order valence-corrected chi connectivity index (χ1v) is 5.61. The molecule has 1 aromatic rings. The second-order valence-corrected chi connectivity index (χ2v) is 3.96. The molecule has 102 valence electrons. The maximum atomic E-state index is 13.2. The predicted molar refractivity (Wildman–Crippen MR) is 59.5 cm³/mol. The third-order valence-corrected chi connectivity index (χ3v) is 2.45. The van der Waals surface area contributed by atoms with Gasteiger partial charge in [-0.15, -0.1) is 0 Å². The van der Waals surface area contributed by atoms with Gasteiger partial charge < -0.3 is 10.4 Å². The van der Waals surface area contributed by atoms with Crippen LogP contribution in [-0.2, 0) is 6.18 Å². The highest BCUT2D eigenvalue weighted by Crippen LogP contribution is 2.32. The molecule has 0 heterocycles. The number of aliphatic hydroxyl groups is 1. The Morgan fingerprint density at radius 2 is 2.00 bits per heavy atom. The van der Waals surface area contributed by atoms with Crippen molar-refractivity contribution >= 4 is 0 Å². The summed E-state index contributed by atoms with van der Waals surface area (Å²) in [5.41, 5.74) is -1.19. The Hall–Kier alpha value is -1.14. The van der Waals surface area contributed by atoms with E-state index >= 15 is 0 Å². The summed E-state index contributed by atoms with van der Waals surface area (Å²) in [7, 11) is 0. The van der Waals surface area contributed by atoms with Gasteiger partial charge >= 0.3 is 6.18 Å². The molecule has 0 radical (unpaired) electrons. The number of alkyl halides is 3. The van der Waals surface area contributed by atoms with Crippen LogP contribution in [0.5, 0.6) is 0 Å². The average molecular weight is 265 g/mol. The van der Waals surface area contributed by atoms with Gasteiger partial charge in [-0.25, -0.2) is 4.39 Å². The highest BCUT2D eigenvalue weighted by atomic mass is 19.4. The zero-order valence-electron chi connectivity index (χ0n) is 9.89. The molecule has 18 heavy (non-hydrogen) atoms. The molecule has 1 unspecified atom stereocenters. The Morgan fingerprint density at radius 1 is 1.33 bits per heavy atom. The maximum absolute atomic E-state index is 13.2. The Balaban J connectivity index is 2.78. The van der Waals surface area contributed by atoms with Gasteiger partial charge in [0.1, 0.15) is 5.82 Å². The molecule has 0 saturated heterocycles. The summed E-state index contributed by atoms with van der Waals surface area (Å²) >= 11 is 0. The summed E-state index contributed by atoms with van der Waals surface area (Å²) in [6.07, 6.45) is -4.87. The first-order chi connectivity index (χ1) is 8.36. The van der Waals surface area contributed by atoms with Crippen molar-refractivity contribution in [3.63, 3.8) is 0 Å². The zero-order valence-corrected chi connectivity index (χ0v) is 9.89. The van der Waals surface area contributed by atoms with Crippen LogP contribution in [0.2, 0.25) is 0 Å². The molecule has 1 aromatic carbocycles. The van der Waals surface area contributed by atoms with E-state index in [2.05, 4.69) is 5.32 Å². The van der Waals surface area contributed by atoms with Crippen LogP contribution >= 0.6 is 0 Å². The zero-order chi connectivity index (χ0) is 13.8. The summed E-state index contributed by atoms with van der Waals surface area (Å²) < 4.78 is 50.2. The van der Waals surface area contributed by atoms with Crippen molar-refractivity contribution in [2.45, 2.75) is 25.6 Å². The van der Waals surface area contributed by atoms with Crippen LogP contribution in [0.3, 0.4) is 0 Å². The van der Waals surface area contributed by atoms with Gasteiger partial charge in [-0.3, -0.25) is 0 Å². The van der Waals surface area contributed by atoms with E-state index < -0.39 is 23.7 Å². The Morgan fingerprint density at radius 3 is 2.50 bits per heavy atom. The number of hydrogen-bond acceptors (Lipinski definition) is 2. The molecule has 2 nitrogen and oxygen atoms in total. The molecule has 1 atom stereocenters. The third-order valence-electron chi connectivity index (χ3n) is 2.45. The maximum Gasteiger partial charge on any atom is 0.419 e. The van der Waals surface area contributed by atoms with Crippen molar-refractivity contribution in [2.75, 3.05) is 13.1 Å². The molecular weight excluding hydrogens is 250 g/mol. The smallest absolute Gasteiger partial charge is 0.387 e. The Kier molecular flexibility index (Phi) is 5.10. The van der Waals surface area contributed by atoms with Crippen molar-refractivity contribution in [2.24, 2.45) is 0 Å². The predicted octanol–water partition coefficient (Wildman–Crippen LogP) is 2.88. The van der Waals surface area contributed by atoms with Gasteiger partial charge in [-0.2, -0.15) is 13.2 Å². The first-order valence-electron chi connectivity index (χ1n) is 5.61. The highest BCUT2D eigenvalue weighted by Gasteiger charge is 2.34. The summed E-state index contributed by atoms with van der Waals surface area (Å²) in [6, 6.07) is 2.46. The van der Waals surface area contributed by atoms with Crippen LogP contribution in [0.1, 0.15) is 30.6 Å². The molecule has 0 aliphatic rings. The SMILES string of the molecule is CCCNCC(O)c1ccc(C(F)(F)F)c(F)c1. The van der Waals surface area contributed by atoms with E-state index in [0.717, 1.165) is 18.6 Å². The van der Waals surface area contributed by atoms with Crippen LogP contribution in [0, 0.1) is 5.82 Å². The van der Waals surface area contributed by atoms with Crippen molar-refractivity contribution in [3.8, 4) is 0 Å². The van der Waals surface area contributed by atoms with E-state index in [4.69, 9.17) is 0 Å². The van der Waals surface area contributed by atoms with E-state index in [1.54, 1.807) is 0 Å². The molecule has 0 spiro atoms. The molecule has 0 saturated carbocycles. The molecule has 0 aliphatic carbocycles. The molecule has 0 fully saturated rings. The minimum Gasteiger partial charge on any atom is -0.387 e. The number of benzene rings is 1. The van der Waals surface area contributed by atoms with Gasteiger partial charge in [-0.05, 0) is 30.7 Å². The van der Waals surface area contributed by atoms with Crippen LogP contribution < -0.4 is 5.32 Å². The Bertz CT molecular complexity index is 392. The van der Waals surface area contributed by atoms with E-state index in [1.165, 1.54) is 0 Å². The lowest BCUT2D eigenvalue weighted by Gasteiger charge is -2.14. The molecule has 2 N–H and O–H groups in total. The molecule has 6 heteroatoms. The molecule has 0 aromatic heterocycles. The van der Waals surface area contributed by atoms with Crippen molar-refractivity contribution in [1.29, 1.82) is 0 Å². The van der Waals surface area contributed by atoms with Crippen molar-refractivity contribution in [1.82, 2.24) is 5.32 Å². The quantitative estimate of drug-likeness (QED) is 0.634. The Labute approximate surface area is 103 Å². The highest BCUT2D eigenvalue weighted by molar-refractivity contribution is 5.28. The van der Waals surface area contributed by atoms with E-state index in [0.29, 0.717) is 12.6 Å². The van der Waals surface area contributed by atoms with Gasteiger partial charge in [0.2, 0.25) is 0 Å². The lowest BCUT2D eigenvalue weighted by atomic mass is 10.1. The largest absolute Gasteiger partial charge is 0.419 e. The van der Waals surface area contributed by atoms with Gasteiger partial charge in [0.25, 0.3) is 0 Å². The van der Waals surface area contributed by atoms with Gasteiger partial charge in [0.15, 0.2) is 0 Å². The average Bonchev–Trinajstić information content (AvgIpc) is 2.27. The minimum atomic E-state index is -4.71. The van der Waals surface area contributed by atoms with E-state index in [9.17, 15) is 22.7 Å². The van der Waals surface area contributed by atoms with E-state index in [1.807, 2.05) is 6.92 Å². The van der Waals surface area contributed by atoms with Crippen LogP contribution in [0.25, 0.3) is 0 Å². The molecule has 0 bridgehead atoms. The second-order valence-electron chi connectivity index (χ2n) is 3.96. The van der Waals surface area contributed by atoms with Crippen molar-refractivity contribution in [3.05, 3.63) is 35.1 Å². The number of aliphatic hydroxyl groups excluding tert-OH is 1. The standard InChI is InChI=1S/C12H15F4NO/c1-2-5-17-7-11(18)8-3-4-9(10(13)6-8)12(14,15)16/h3-4,6,11,17-18H,2,5,7H2,1H3. The monoisotopic (exact) mass is 265 g/mol. The number of halogens is 4. The van der Waals surface area contributed by atoms with Crippen LogP contribution in [0.15, 0.2) is 18.2 Å². The molecule has 1 rings (SSSR count). The fourth-order valence-corrected chi connectivity index (χ4v) is 1.50. The van der Waals surface area contributed by atoms with Crippen LogP contribution in [0.4, 0.5) is 17.6 Å². The van der Waals surface area contributed by atoms with Gasteiger partial charge in [-0.1, -0.05) is 13.0 Å². The normalized spacial score (nSPS) is 13.7. The number of hydrogen-bond donors (Lipinski definition) is 2. The minimum absolute atomic E-state index is 0.129. The topological polar surface area (TPSA) is 32.3 Å². The van der Waals surface area contributed by atoms with E-state index in [-0.39, 0.29) is 12.1 Å². The van der Waals surface area contributed by atoms with Gasteiger partial charge in [0.05, 0.1) is 11.7 Å². The summed E-state index contributed by atoms with van der Waals surface area (Å²) in [4.78, 5) is 0. The summed E-state index contributed by atoms with van der Waals surface area (Å²) in [5, 5.41) is 12.6. The molecule has 0 aliphatic heterocycles. The van der Waals surface area contributed by atoms with Crippen molar-refractivity contribution < 1.29 is 22.7 Å².